The monoisotopic (exact) mass is 372 g/mol. The summed E-state index contributed by atoms with van der Waals surface area (Å²) in [7, 11) is 0. The first-order valence-corrected chi connectivity index (χ1v) is 12.0. The fourth-order valence-electron chi connectivity index (χ4n) is 6.87. The smallest absolute Gasteiger partial charge is 0.310 e. The van der Waals surface area contributed by atoms with Crippen molar-refractivity contribution in [2.75, 3.05) is 0 Å². The summed E-state index contributed by atoms with van der Waals surface area (Å²) in [6, 6.07) is 0. The van der Waals surface area contributed by atoms with E-state index in [0.717, 1.165) is 24.7 Å². The second-order valence-corrected chi connectivity index (χ2v) is 10.4. The zero-order chi connectivity index (χ0) is 18.8. The van der Waals surface area contributed by atoms with Gasteiger partial charge in [-0.05, 0) is 74.0 Å². The van der Waals surface area contributed by atoms with Crippen LogP contribution in [0.3, 0.4) is 0 Å². The van der Waals surface area contributed by atoms with Crippen molar-refractivity contribution < 1.29 is 9.53 Å². The summed E-state index contributed by atoms with van der Waals surface area (Å²) in [6.45, 7) is 4.53. The molecule has 2 nitrogen and oxygen atoms in total. The number of allylic oxidation sites excluding steroid dienone is 2. The number of fused-ring (bicyclic) bond motifs is 1. The van der Waals surface area contributed by atoms with E-state index in [-0.39, 0.29) is 18.0 Å². The van der Waals surface area contributed by atoms with Gasteiger partial charge in [-0.15, -0.1) is 0 Å². The van der Waals surface area contributed by atoms with Gasteiger partial charge in [-0.1, -0.05) is 64.5 Å². The first-order valence-electron chi connectivity index (χ1n) is 12.0. The molecule has 0 heterocycles. The van der Waals surface area contributed by atoms with Gasteiger partial charge in [-0.3, -0.25) is 4.79 Å². The van der Waals surface area contributed by atoms with E-state index in [9.17, 15) is 4.79 Å². The molecule has 0 spiro atoms. The summed E-state index contributed by atoms with van der Waals surface area (Å²) < 4.78 is 6.18. The summed E-state index contributed by atoms with van der Waals surface area (Å²) in [6.07, 6.45) is 20.7. The number of carbonyl (C=O) groups is 1. The fraction of sp³-hybridized carbons (Fsp3) is 0.880. The van der Waals surface area contributed by atoms with Crippen molar-refractivity contribution in [1.29, 1.82) is 0 Å². The normalized spacial score (nSPS) is 40.1. The first-order chi connectivity index (χ1) is 13.1. The minimum absolute atomic E-state index is 0.110. The molecule has 4 aliphatic rings. The Morgan fingerprint density at radius 3 is 2.22 bits per heavy atom. The standard InChI is InChI=1S/C25H40O2/c1-17(2)22-16-13-20-9-6-10-23(20)24(22)25(26)27-21-14-11-19(12-15-21)18-7-4-3-5-8-18/h13,16-24H,3-12,14-15H2,1-2H3/t19?,20-,21?,22-,23+,24+/m0/s1. The molecule has 2 heteroatoms. The van der Waals surface area contributed by atoms with Crippen molar-refractivity contribution in [2.45, 2.75) is 97.0 Å². The minimum Gasteiger partial charge on any atom is -0.462 e. The fourth-order valence-corrected chi connectivity index (χ4v) is 6.87. The van der Waals surface area contributed by atoms with E-state index in [1.165, 1.54) is 64.2 Å². The van der Waals surface area contributed by atoms with Crippen LogP contribution in [0.15, 0.2) is 12.2 Å². The molecule has 27 heavy (non-hydrogen) atoms. The highest BCUT2D eigenvalue weighted by Gasteiger charge is 2.45. The van der Waals surface area contributed by atoms with Crippen molar-refractivity contribution in [3.05, 3.63) is 12.2 Å². The zero-order valence-electron chi connectivity index (χ0n) is 17.6. The number of hydrogen-bond donors (Lipinski definition) is 0. The van der Waals surface area contributed by atoms with E-state index < -0.39 is 0 Å². The molecule has 3 saturated carbocycles. The topological polar surface area (TPSA) is 26.3 Å². The molecule has 0 unspecified atom stereocenters. The van der Waals surface area contributed by atoms with Gasteiger partial charge in [0.1, 0.15) is 6.10 Å². The number of esters is 1. The molecule has 0 bridgehead atoms. The Morgan fingerprint density at radius 2 is 1.52 bits per heavy atom. The van der Waals surface area contributed by atoms with Crippen LogP contribution in [0, 0.1) is 41.4 Å². The van der Waals surface area contributed by atoms with E-state index in [4.69, 9.17) is 4.74 Å². The largest absolute Gasteiger partial charge is 0.462 e. The summed E-state index contributed by atoms with van der Waals surface area (Å²) in [4.78, 5) is 13.3. The highest BCUT2D eigenvalue weighted by atomic mass is 16.5. The molecule has 0 radical (unpaired) electrons. The van der Waals surface area contributed by atoms with Gasteiger partial charge in [0.05, 0.1) is 5.92 Å². The second kappa shape index (κ2) is 8.70. The molecule has 0 N–H and O–H groups in total. The molecule has 0 aromatic carbocycles. The maximum Gasteiger partial charge on any atom is 0.310 e. The SMILES string of the molecule is CC(C)[C@@H]1C=C[C@@H]2CCC[C@H]2[C@@H]1C(=O)OC1CCC(C2CCCCC2)CC1. The van der Waals surface area contributed by atoms with Gasteiger partial charge in [0, 0.05) is 0 Å². The number of rotatable bonds is 4. The third kappa shape index (κ3) is 4.30. The van der Waals surface area contributed by atoms with Crippen molar-refractivity contribution in [3.63, 3.8) is 0 Å². The van der Waals surface area contributed by atoms with Crippen molar-refractivity contribution in [1.82, 2.24) is 0 Å². The predicted molar refractivity (Wildman–Crippen MR) is 110 cm³/mol. The van der Waals surface area contributed by atoms with Crippen LogP contribution in [0.2, 0.25) is 0 Å². The number of ether oxygens (including phenoxy) is 1. The van der Waals surface area contributed by atoms with Crippen LogP contribution in [0.1, 0.15) is 90.9 Å². The molecule has 3 fully saturated rings. The van der Waals surface area contributed by atoms with Gasteiger partial charge in [0.2, 0.25) is 0 Å². The summed E-state index contributed by atoms with van der Waals surface area (Å²) in [5.41, 5.74) is 0. The lowest BCUT2D eigenvalue weighted by atomic mass is 9.68. The van der Waals surface area contributed by atoms with Crippen LogP contribution < -0.4 is 0 Å². The highest BCUT2D eigenvalue weighted by molar-refractivity contribution is 5.74. The Hall–Kier alpha value is -0.790. The van der Waals surface area contributed by atoms with Crippen LogP contribution in [0.4, 0.5) is 0 Å². The van der Waals surface area contributed by atoms with Gasteiger partial charge >= 0.3 is 5.97 Å². The third-order valence-corrected chi connectivity index (χ3v) is 8.44. The van der Waals surface area contributed by atoms with E-state index >= 15 is 0 Å². The zero-order valence-corrected chi connectivity index (χ0v) is 17.6. The third-order valence-electron chi connectivity index (χ3n) is 8.44. The van der Waals surface area contributed by atoms with Crippen LogP contribution in [0.25, 0.3) is 0 Å². The van der Waals surface area contributed by atoms with E-state index in [1.807, 2.05) is 0 Å². The average molecular weight is 373 g/mol. The van der Waals surface area contributed by atoms with Crippen LogP contribution in [-0.4, -0.2) is 12.1 Å². The highest BCUT2D eigenvalue weighted by Crippen LogP contribution is 2.47. The quantitative estimate of drug-likeness (QED) is 0.413. The Bertz CT molecular complexity index is 522. The lowest BCUT2D eigenvalue weighted by Crippen LogP contribution is -2.40. The Morgan fingerprint density at radius 1 is 0.815 bits per heavy atom. The Balaban J connectivity index is 1.33. The van der Waals surface area contributed by atoms with Gasteiger partial charge < -0.3 is 4.74 Å². The molecule has 0 aromatic heterocycles. The van der Waals surface area contributed by atoms with Crippen LogP contribution in [-0.2, 0) is 9.53 Å². The molecule has 4 atom stereocenters. The molecule has 152 valence electrons. The summed E-state index contributed by atoms with van der Waals surface area (Å²) in [5.74, 6) is 4.16. The maximum atomic E-state index is 13.3. The molecular formula is C25H40O2. The Kier molecular flexibility index (Phi) is 6.29. The predicted octanol–water partition coefficient (Wildman–Crippen LogP) is 6.54. The van der Waals surface area contributed by atoms with E-state index in [1.54, 1.807) is 0 Å². The van der Waals surface area contributed by atoms with E-state index in [2.05, 4.69) is 26.0 Å². The molecule has 0 aliphatic heterocycles. The number of carbonyl (C=O) groups excluding carboxylic acids is 1. The molecular weight excluding hydrogens is 332 g/mol. The maximum absolute atomic E-state index is 13.3. The number of hydrogen-bond acceptors (Lipinski definition) is 2. The van der Waals surface area contributed by atoms with E-state index in [0.29, 0.717) is 23.7 Å². The summed E-state index contributed by atoms with van der Waals surface area (Å²) in [5, 5.41) is 0. The lowest BCUT2D eigenvalue weighted by molar-refractivity contribution is -0.161. The minimum atomic E-state index is 0.110. The van der Waals surface area contributed by atoms with Gasteiger partial charge in [0.25, 0.3) is 0 Å². The first kappa shape index (κ1) is 19.5. The average Bonchev–Trinajstić information content (AvgIpc) is 3.17. The lowest BCUT2D eigenvalue weighted by Gasteiger charge is -2.39. The Labute approximate surface area is 166 Å². The van der Waals surface area contributed by atoms with Crippen LogP contribution in [0.5, 0.6) is 0 Å². The molecule has 4 rings (SSSR count). The molecule has 4 aliphatic carbocycles. The van der Waals surface area contributed by atoms with Crippen molar-refractivity contribution >= 4 is 5.97 Å². The second-order valence-electron chi connectivity index (χ2n) is 10.4. The molecule has 0 amide bonds. The molecule has 0 saturated heterocycles. The molecule has 0 aromatic rings. The summed E-state index contributed by atoms with van der Waals surface area (Å²) >= 11 is 0. The van der Waals surface area contributed by atoms with Gasteiger partial charge in [-0.2, -0.15) is 0 Å². The van der Waals surface area contributed by atoms with Crippen molar-refractivity contribution in [2.24, 2.45) is 41.4 Å². The van der Waals surface area contributed by atoms with Gasteiger partial charge in [-0.25, -0.2) is 0 Å². The van der Waals surface area contributed by atoms with Crippen molar-refractivity contribution in [3.8, 4) is 0 Å². The van der Waals surface area contributed by atoms with Gasteiger partial charge in [0.15, 0.2) is 0 Å². The van der Waals surface area contributed by atoms with Crippen LogP contribution >= 0.6 is 0 Å².